The minimum atomic E-state index is -0.400. The van der Waals surface area contributed by atoms with Crippen molar-refractivity contribution in [1.29, 1.82) is 0 Å². The van der Waals surface area contributed by atoms with Crippen LogP contribution in [-0.2, 0) is 0 Å². The van der Waals surface area contributed by atoms with Gasteiger partial charge in [0.15, 0.2) is 5.01 Å². The van der Waals surface area contributed by atoms with Gasteiger partial charge in [-0.15, -0.1) is 10.2 Å². The Morgan fingerprint density at radius 3 is 2.71 bits per heavy atom. The summed E-state index contributed by atoms with van der Waals surface area (Å²) in [4.78, 5) is 16.9. The molecular formula is C19H12Cl2N4O2S. The molecule has 4 aromatic rings. The standard InChI is InChI=1S/C19H12Cl2N4O2S/c1-27-11-6-7-14-10(8-11)9-12(16(21)22-14)18-24-25-19(28-18)17(26)23-15-5-3-2-4-13(15)20/h2-9H,1H3,(H,23,26). The predicted molar refractivity (Wildman–Crippen MR) is 112 cm³/mol. The lowest BCUT2D eigenvalue weighted by molar-refractivity contribution is 0.102. The van der Waals surface area contributed by atoms with E-state index >= 15 is 0 Å². The van der Waals surface area contributed by atoms with Gasteiger partial charge in [-0.1, -0.05) is 46.7 Å². The molecule has 4 rings (SSSR count). The van der Waals surface area contributed by atoms with Crippen molar-refractivity contribution in [3.63, 3.8) is 0 Å². The fourth-order valence-corrected chi connectivity index (χ4v) is 3.80. The predicted octanol–water partition coefficient (Wildman–Crippen LogP) is 5.32. The Balaban J connectivity index is 1.66. The average molecular weight is 431 g/mol. The fraction of sp³-hybridized carbons (Fsp3) is 0.0526. The van der Waals surface area contributed by atoms with E-state index in [2.05, 4.69) is 20.5 Å². The number of carbonyl (C=O) groups is 1. The summed E-state index contributed by atoms with van der Waals surface area (Å²) in [5.74, 6) is 0.308. The smallest absolute Gasteiger partial charge is 0.286 e. The molecule has 0 aliphatic heterocycles. The van der Waals surface area contributed by atoms with Crippen molar-refractivity contribution >= 4 is 57.0 Å². The number of ether oxygens (including phenoxy) is 1. The van der Waals surface area contributed by atoms with Gasteiger partial charge in [0.05, 0.1) is 28.9 Å². The zero-order valence-electron chi connectivity index (χ0n) is 14.4. The van der Waals surface area contributed by atoms with Gasteiger partial charge in [0, 0.05) is 5.39 Å². The van der Waals surface area contributed by atoms with E-state index in [0.717, 1.165) is 22.2 Å². The van der Waals surface area contributed by atoms with Crippen molar-refractivity contribution < 1.29 is 9.53 Å². The molecule has 2 aromatic carbocycles. The van der Waals surface area contributed by atoms with Crippen molar-refractivity contribution in [2.75, 3.05) is 12.4 Å². The van der Waals surface area contributed by atoms with E-state index in [0.29, 0.717) is 27.0 Å². The third-order valence-corrected chi connectivity index (χ3v) is 5.52. The van der Waals surface area contributed by atoms with Crippen LogP contribution in [0.15, 0.2) is 48.5 Å². The number of methoxy groups -OCH3 is 1. The fourth-order valence-electron chi connectivity index (χ4n) is 2.57. The molecule has 28 heavy (non-hydrogen) atoms. The number of benzene rings is 2. The number of fused-ring (bicyclic) bond motifs is 1. The van der Waals surface area contributed by atoms with Gasteiger partial charge >= 0.3 is 0 Å². The molecule has 0 aliphatic carbocycles. The number of halogens is 2. The van der Waals surface area contributed by atoms with Gasteiger partial charge in [-0.3, -0.25) is 4.79 Å². The van der Waals surface area contributed by atoms with Crippen molar-refractivity contribution in [3.05, 3.63) is 63.7 Å². The minimum Gasteiger partial charge on any atom is -0.497 e. The number of aromatic nitrogens is 3. The number of pyridine rings is 1. The second kappa shape index (κ2) is 7.71. The molecule has 0 spiro atoms. The molecule has 140 valence electrons. The molecule has 0 radical (unpaired) electrons. The molecule has 0 fully saturated rings. The highest BCUT2D eigenvalue weighted by Crippen LogP contribution is 2.33. The van der Waals surface area contributed by atoms with E-state index in [4.69, 9.17) is 27.9 Å². The molecule has 1 amide bonds. The number of carbonyl (C=O) groups excluding carboxylic acids is 1. The Labute approximate surface area is 174 Å². The molecule has 1 N–H and O–H groups in total. The first kappa shape index (κ1) is 18.6. The van der Waals surface area contributed by atoms with Crippen molar-refractivity contribution in [2.45, 2.75) is 0 Å². The zero-order chi connectivity index (χ0) is 19.7. The van der Waals surface area contributed by atoms with Crippen LogP contribution in [0.5, 0.6) is 5.75 Å². The average Bonchev–Trinajstić information content (AvgIpc) is 3.19. The number of anilines is 1. The van der Waals surface area contributed by atoms with Crippen LogP contribution in [0.1, 0.15) is 9.80 Å². The normalized spacial score (nSPS) is 10.8. The highest BCUT2D eigenvalue weighted by Gasteiger charge is 2.18. The maximum atomic E-state index is 12.5. The second-order valence-electron chi connectivity index (χ2n) is 5.73. The largest absolute Gasteiger partial charge is 0.497 e. The second-order valence-corrected chi connectivity index (χ2v) is 7.47. The number of nitrogens with zero attached hydrogens (tertiary/aromatic N) is 3. The van der Waals surface area contributed by atoms with Crippen LogP contribution in [-0.4, -0.2) is 28.2 Å². The van der Waals surface area contributed by atoms with Crippen LogP contribution in [0.2, 0.25) is 10.2 Å². The van der Waals surface area contributed by atoms with Crippen LogP contribution >= 0.6 is 34.5 Å². The molecular weight excluding hydrogens is 419 g/mol. The quantitative estimate of drug-likeness (QED) is 0.443. The summed E-state index contributed by atoms with van der Waals surface area (Å²) < 4.78 is 5.25. The maximum absolute atomic E-state index is 12.5. The molecule has 0 bridgehead atoms. The van der Waals surface area contributed by atoms with Gasteiger partial charge in [-0.2, -0.15) is 0 Å². The summed E-state index contributed by atoms with van der Waals surface area (Å²) in [6, 6.07) is 14.3. The highest BCUT2D eigenvalue weighted by molar-refractivity contribution is 7.16. The summed E-state index contributed by atoms with van der Waals surface area (Å²) in [6.07, 6.45) is 0. The van der Waals surface area contributed by atoms with E-state index in [1.807, 2.05) is 24.3 Å². The van der Waals surface area contributed by atoms with E-state index in [9.17, 15) is 4.79 Å². The van der Waals surface area contributed by atoms with E-state index in [-0.39, 0.29) is 10.2 Å². The molecule has 0 saturated heterocycles. The first-order chi connectivity index (χ1) is 13.5. The Morgan fingerprint density at radius 1 is 1.11 bits per heavy atom. The number of amides is 1. The highest BCUT2D eigenvalue weighted by atomic mass is 35.5. The SMILES string of the molecule is COc1ccc2nc(Cl)c(-c3nnc(C(=O)Nc4ccccc4Cl)s3)cc2c1. The van der Waals surface area contributed by atoms with Crippen LogP contribution < -0.4 is 10.1 Å². The molecule has 0 atom stereocenters. The molecule has 0 saturated carbocycles. The first-order valence-corrected chi connectivity index (χ1v) is 9.66. The lowest BCUT2D eigenvalue weighted by Gasteiger charge is -2.05. The molecule has 9 heteroatoms. The van der Waals surface area contributed by atoms with Crippen molar-refractivity contribution in [1.82, 2.24) is 15.2 Å². The van der Waals surface area contributed by atoms with Gasteiger partial charge in [0.25, 0.3) is 5.91 Å². The Morgan fingerprint density at radius 2 is 1.93 bits per heavy atom. The van der Waals surface area contributed by atoms with Gasteiger partial charge in [0.2, 0.25) is 5.01 Å². The van der Waals surface area contributed by atoms with E-state index in [1.165, 1.54) is 0 Å². The van der Waals surface area contributed by atoms with E-state index < -0.39 is 5.91 Å². The Hall–Kier alpha value is -2.74. The van der Waals surface area contributed by atoms with Crippen LogP contribution in [0.3, 0.4) is 0 Å². The van der Waals surface area contributed by atoms with Crippen molar-refractivity contribution in [3.8, 4) is 16.3 Å². The summed E-state index contributed by atoms with van der Waals surface area (Å²) in [5, 5.41) is 13.1. The number of rotatable bonds is 4. The monoisotopic (exact) mass is 430 g/mol. The Kier molecular flexibility index (Phi) is 5.13. The van der Waals surface area contributed by atoms with Gasteiger partial charge in [-0.05, 0) is 36.4 Å². The van der Waals surface area contributed by atoms with Gasteiger partial charge < -0.3 is 10.1 Å². The molecule has 2 aromatic heterocycles. The topological polar surface area (TPSA) is 77.0 Å². The summed E-state index contributed by atoms with van der Waals surface area (Å²) >= 11 is 13.5. The minimum absolute atomic E-state index is 0.191. The molecule has 0 aliphatic rings. The lowest BCUT2D eigenvalue weighted by atomic mass is 10.1. The van der Waals surface area contributed by atoms with Gasteiger partial charge in [0.1, 0.15) is 10.9 Å². The number of nitrogens with one attached hydrogen (secondary N) is 1. The summed E-state index contributed by atoms with van der Waals surface area (Å²) in [5.41, 5.74) is 1.83. The number of hydrogen-bond acceptors (Lipinski definition) is 6. The van der Waals surface area contributed by atoms with Gasteiger partial charge in [-0.25, -0.2) is 4.98 Å². The summed E-state index contributed by atoms with van der Waals surface area (Å²) in [7, 11) is 1.60. The number of para-hydroxylation sites is 1. The maximum Gasteiger partial charge on any atom is 0.286 e. The third-order valence-electron chi connectivity index (χ3n) is 3.95. The molecule has 0 unspecified atom stereocenters. The van der Waals surface area contributed by atoms with Crippen molar-refractivity contribution in [2.24, 2.45) is 0 Å². The first-order valence-electron chi connectivity index (χ1n) is 8.09. The summed E-state index contributed by atoms with van der Waals surface area (Å²) in [6.45, 7) is 0. The van der Waals surface area contributed by atoms with Crippen LogP contribution in [0.25, 0.3) is 21.5 Å². The van der Waals surface area contributed by atoms with Crippen LogP contribution in [0.4, 0.5) is 5.69 Å². The number of hydrogen-bond donors (Lipinski definition) is 1. The zero-order valence-corrected chi connectivity index (χ0v) is 16.8. The Bertz CT molecular complexity index is 1200. The lowest BCUT2D eigenvalue weighted by Crippen LogP contribution is -2.11. The van der Waals surface area contributed by atoms with Crippen LogP contribution in [0, 0.1) is 0 Å². The third kappa shape index (κ3) is 3.64. The molecule has 2 heterocycles. The molecule has 6 nitrogen and oxygen atoms in total. The van der Waals surface area contributed by atoms with E-state index in [1.54, 1.807) is 31.4 Å².